The Labute approximate surface area is 179 Å². The van der Waals surface area contributed by atoms with E-state index >= 15 is 0 Å². The maximum Gasteiger partial charge on any atom is 0.149 e. The molecule has 3 aromatic carbocycles. The van der Waals surface area contributed by atoms with Crippen LogP contribution in [-0.4, -0.2) is 31.4 Å². The molecule has 0 saturated heterocycles. The van der Waals surface area contributed by atoms with Gasteiger partial charge in [0.05, 0.1) is 11.4 Å². The first-order chi connectivity index (χ1) is 15.0. The molecule has 0 aliphatic heterocycles. The Morgan fingerprint density at radius 3 is 2.00 bits per heavy atom. The van der Waals surface area contributed by atoms with Crippen LogP contribution in [0.1, 0.15) is 24.1 Å². The molecule has 6 heteroatoms. The molecule has 1 unspecified atom stereocenters. The summed E-state index contributed by atoms with van der Waals surface area (Å²) in [7, 11) is 0. The zero-order valence-electron chi connectivity index (χ0n) is 16.9. The maximum absolute atomic E-state index is 12.2. The largest absolute Gasteiger partial charge is 0.508 e. The Balaban J connectivity index is 2.00. The Morgan fingerprint density at radius 1 is 0.871 bits per heavy atom. The molecular formula is C25H22N2O4. The van der Waals surface area contributed by atoms with Crippen LogP contribution in [0.3, 0.4) is 0 Å². The van der Waals surface area contributed by atoms with E-state index in [-0.39, 0.29) is 17.2 Å². The average Bonchev–Trinajstić information content (AvgIpc) is 3.16. The molecule has 3 N–H and O–H groups in total. The van der Waals surface area contributed by atoms with Crippen molar-refractivity contribution in [1.29, 1.82) is 0 Å². The topological polar surface area (TPSA) is 95.6 Å². The lowest BCUT2D eigenvalue weighted by Gasteiger charge is -2.17. The van der Waals surface area contributed by atoms with E-state index in [4.69, 9.17) is 5.10 Å². The van der Waals surface area contributed by atoms with E-state index in [1.54, 1.807) is 71.4 Å². The fourth-order valence-electron chi connectivity index (χ4n) is 3.78. The molecule has 4 rings (SSSR count). The first kappa shape index (κ1) is 20.2. The number of carbonyl (C=O) groups excluding carboxylic acids is 1. The van der Waals surface area contributed by atoms with Crippen LogP contribution in [0.2, 0.25) is 0 Å². The van der Waals surface area contributed by atoms with Crippen molar-refractivity contribution in [1.82, 2.24) is 9.78 Å². The van der Waals surface area contributed by atoms with Gasteiger partial charge in [-0.05, 0) is 61.0 Å². The summed E-state index contributed by atoms with van der Waals surface area (Å²) in [6.45, 7) is 2.01. The normalized spacial score (nSPS) is 11.9. The highest BCUT2D eigenvalue weighted by molar-refractivity contribution is 5.77. The lowest BCUT2D eigenvalue weighted by Crippen LogP contribution is -2.15. The van der Waals surface area contributed by atoms with Crippen molar-refractivity contribution >= 4 is 6.29 Å². The van der Waals surface area contributed by atoms with Crippen molar-refractivity contribution in [2.45, 2.75) is 19.4 Å². The first-order valence-corrected chi connectivity index (χ1v) is 9.96. The Bertz CT molecular complexity index is 1210. The second-order valence-corrected chi connectivity index (χ2v) is 7.21. The Kier molecular flexibility index (Phi) is 5.45. The van der Waals surface area contributed by atoms with Crippen molar-refractivity contribution in [3.8, 4) is 39.8 Å². The number of phenols is 3. The van der Waals surface area contributed by atoms with Crippen molar-refractivity contribution in [2.24, 2.45) is 0 Å². The monoisotopic (exact) mass is 414 g/mol. The van der Waals surface area contributed by atoms with Gasteiger partial charge in [0.2, 0.25) is 0 Å². The number of aldehydes is 1. The van der Waals surface area contributed by atoms with E-state index in [2.05, 4.69) is 0 Å². The number of benzene rings is 3. The summed E-state index contributed by atoms with van der Waals surface area (Å²) in [4.78, 5) is 12.2. The number of rotatable bonds is 6. The van der Waals surface area contributed by atoms with Crippen LogP contribution in [0.15, 0.2) is 72.8 Å². The highest BCUT2D eigenvalue weighted by Gasteiger charge is 2.26. The average molecular weight is 414 g/mol. The summed E-state index contributed by atoms with van der Waals surface area (Å²) in [5.74, 6) is 0.301. The number of hydrogen-bond donors (Lipinski definition) is 3. The number of aromatic hydroxyl groups is 3. The van der Waals surface area contributed by atoms with Gasteiger partial charge in [-0.2, -0.15) is 5.10 Å². The standard InChI is InChI=1S/C25H22N2O4/c1-2-20-24(16-7-11-18(29)12-8-16)26-27(25(20)17-9-13-19(30)14-10-17)22(15-28)21-5-3-4-6-23(21)31/h3-15,22,29-31H,2H2,1H3. The van der Waals surface area contributed by atoms with Crippen LogP contribution < -0.4 is 0 Å². The van der Waals surface area contributed by atoms with Crippen LogP contribution in [0.4, 0.5) is 0 Å². The molecule has 1 heterocycles. The molecule has 0 aliphatic rings. The molecule has 0 bridgehead atoms. The summed E-state index contributed by atoms with van der Waals surface area (Å²) < 4.78 is 1.62. The second kappa shape index (κ2) is 8.36. The molecule has 0 spiro atoms. The van der Waals surface area contributed by atoms with Gasteiger partial charge >= 0.3 is 0 Å². The van der Waals surface area contributed by atoms with Crippen LogP contribution in [-0.2, 0) is 11.2 Å². The summed E-state index contributed by atoms with van der Waals surface area (Å²) in [5.41, 5.74) is 4.36. The lowest BCUT2D eigenvalue weighted by molar-refractivity contribution is -0.109. The summed E-state index contributed by atoms with van der Waals surface area (Å²) in [6, 6.07) is 19.3. The van der Waals surface area contributed by atoms with E-state index < -0.39 is 6.04 Å². The molecule has 1 atom stereocenters. The number of hydrogen-bond acceptors (Lipinski definition) is 5. The minimum absolute atomic E-state index is 0.0102. The number of carbonyl (C=O) groups is 1. The molecule has 6 nitrogen and oxygen atoms in total. The van der Waals surface area contributed by atoms with Crippen LogP contribution >= 0.6 is 0 Å². The number of phenolic OH excluding ortho intramolecular Hbond substituents is 3. The molecule has 0 saturated carbocycles. The van der Waals surface area contributed by atoms with Crippen molar-refractivity contribution < 1.29 is 20.1 Å². The summed E-state index contributed by atoms with van der Waals surface area (Å²) >= 11 is 0. The molecule has 0 amide bonds. The van der Waals surface area contributed by atoms with Crippen LogP contribution in [0.25, 0.3) is 22.5 Å². The predicted molar refractivity (Wildman–Crippen MR) is 118 cm³/mol. The van der Waals surface area contributed by atoms with E-state index in [1.165, 1.54) is 6.07 Å². The molecule has 0 aliphatic carbocycles. The minimum atomic E-state index is -0.846. The molecule has 4 aromatic rings. The van der Waals surface area contributed by atoms with Gasteiger partial charge in [-0.3, -0.25) is 0 Å². The zero-order valence-corrected chi connectivity index (χ0v) is 16.9. The molecule has 0 fully saturated rings. The van der Waals surface area contributed by atoms with Crippen LogP contribution in [0.5, 0.6) is 17.2 Å². The van der Waals surface area contributed by atoms with Crippen molar-refractivity contribution in [3.63, 3.8) is 0 Å². The smallest absolute Gasteiger partial charge is 0.149 e. The maximum atomic E-state index is 12.2. The highest BCUT2D eigenvalue weighted by Crippen LogP contribution is 2.38. The van der Waals surface area contributed by atoms with Gasteiger partial charge in [-0.15, -0.1) is 0 Å². The minimum Gasteiger partial charge on any atom is -0.508 e. The zero-order chi connectivity index (χ0) is 22.0. The van der Waals surface area contributed by atoms with Gasteiger partial charge in [-0.25, -0.2) is 4.68 Å². The number of aromatic nitrogens is 2. The van der Waals surface area contributed by atoms with Gasteiger partial charge in [-0.1, -0.05) is 25.1 Å². The third-order valence-electron chi connectivity index (χ3n) is 5.29. The quantitative estimate of drug-likeness (QED) is 0.398. The van der Waals surface area contributed by atoms with E-state index in [1.807, 2.05) is 6.92 Å². The van der Waals surface area contributed by atoms with Gasteiger partial charge in [0.25, 0.3) is 0 Å². The van der Waals surface area contributed by atoms with Gasteiger partial charge in [0, 0.05) is 22.3 Å². The molecule has 31 heavy (non-hydrogen) atoms. The number of nitrogens with zero attached hydrogens (tertiary/aromatic N) is 2. The van der Waals surface area contributed by atoms with E-state index in [9.17, 15) is 20.1 Å². The fraction of sp³-hybridized carbons (Fsp3) is 0.120. The van der Waals surface area contributed by atoms with E-state index in [0.717, 1.165) is 28.7 Å². The molecule has 1 aromatic heterocycles. The summed E-state index contributed by atoms with van der Waals surface area (Å²) in [5, 5.41) is 34.6. The molecular weight excluding hydrogens is 392 g/mol. The second-order valence-electron chi connectivity index (χ2n) is 7.21. The Morgan fingerprint density at radius 2 is 1.45 bits per heavy atom. The third-order valence-corrected chi connectivity index (χ3v) is 5.29. The Hall–Kier alpha value is -4.06. The van der Waals surface area contributed by atoms with Gasteiger partial charge < -0.3 is 20.1 Å². The fourth-order valence-corrected chi connectivity index (χ4v) is 3.78. The number of para-hydroxylation sites is 1. The molecule has 0 radical (unpaired) electrons. The first-order valence-electron chi connectivity index (χ1n) is 9.96. The lowest BCUT2D eigenvalue weighted by atomic mass is 9.99. The van der Waals surface area contributed by atoms with Crippen molar-refractivity contribution in [3.05, 3.63) is 83.9 Å². The van der Waals surface area contributed by atoms with E-state index in [0.29, 0.717) is 17.7 Å². The highest BCUT2D eigenvalue weighted by atomic mass is 16.3. The SMILES string of the molecule is CCc1c(-c2ccc(O)cc2)nn(C(C=O)c2ccccc2O)c1-c1ccc(O)cc1. The third kappa shape index (κ3) is 3.75. The molecule has 156 valence electrons. The van der Waals surface area contributed by atoms with Gasteiger partial charge in [0.15, 0.2) is 0 Å². The summed E-state index contributed by atoms with van der Waals surface area (Å²) in [6.07, 6.45) is 1.39. The predicted octanol–water partition coefficient (Wildman–Crippen LogP) is 4.68. The van der Waals surface area contributed by atoms with Crippen molar-refractivity contribution in [2.75, 3.05) is 0 Å². The van der Waals surface area contributed by atoms with Crippen LogP contribution in [0, 0.1) is 0 Å². The van der Waals surface area contributed by atoms with Gasteiger partial charge in [0.1, 0.15) is 29.6 Å².